The molecule has 0 N–H and O–H groups in total. The number of amides is 2. The highest BCUT2D eigenvalue weighted by molar-refractivity contribution is 6.06. The molecule has 2 aromatic carbocycles. The number of carbonyl (C=O) groups excluding carboxylic acids is 2. The molecule has 0 bridgehead atoms. The van der Waals surface area contributed by atoms with Gasteiger partial charge >= 0.3 is 0 Å². The summed E-state index contributed by atoms with van der Waals surface area (Å²) in [6.45, 7) is 2.34. The van der Waals surface area contributed by atoms with E-state index in [1.54, 1.807) is 0 Å². The lowest BCUT2D eigenvalue weighted by Gasteiger charge is -2.16. The second kappa shape index (κ2) is 5.52. The first-order valence-electron chi connectivity index (χ1n) is 7.10. The molecule has 3 rings (SSSR count). The van der Waals surface area contributed by atoms with Crippen molar-refractivity contribution in [3.63, 3.8) is 0 Å². The summed E-state index contributed by atoms with van der Waals surface area (Å²) in [6.07, 6.45) is 0.274. The first kappa shape index (κ1) is 13.6. The Hall–Kier alpha value is -2.42. The van der Waals surface area contributed by atoms with Crippen molar-refractivity contribution in [3.05, 3.63) is 71.3 Å². The van der Waals surface area contributed by atoms with Crippen molar-refractivity contribution in [3.8, 4) is 0 Å². The van der Waals surface area contributed by atoms with Crippen LogP contribution in [0.25, 0.3) is 0 Å². The van der Waals surface area contributed by atoms with Gasteiger partial charge in [0.25, 0.3) is 0 Å². The van der Waals surface area contributed by atoms with Crippen LogP contribution in [0.3, 0.4) is 0 Å². The van der Waals surface area contributed by atoms with E-state index < -0.39 is 0 Å². The van der Waals surface area contributed by atoms with Gasteiger partial charge in [0, 0.05) is 6.42 Å². The fourth-order valence-corrected chi connectivity index (χ4v) is 2.84. The van der Waals surface area contributed by atoms with Crippen LogP contribution in [0.2, 0.25) is 0 Å². The smallest absolute Gasteiger partial charge is 0.237 e. The van der Waals surface area contributed by atoms with Gasteiger partial charge in [0.15, 0.2) is 0 Å². The highest BCUT2D eigenvalue weighted by atomic mass is 16.2. The standard InChI is InChI=1S/C18H17NO2/c1-13-7-5-6-10-15(13)16-11-17(20)19(18(16)21)12-14-8-3-2-4-9-14/h2-10,16H,11-12H2,1H3/t16-/m1/s1. The zero-order valence-electron chi connectivity index (χ0n) is 12.0. The van der Waals surface area contributed by atoms with Gasteiger partial charge in [-0.3, -0.25) is 14.5 Å². The van der Waals surface area contributed by atoms with E-state index in [1.165, 1.54) is 4.90 Å². The number of rotatable bonds is 3. The summed E-state index contributed by atoms with van der Waals surface area (Å²) in [5.41, 5.74) is 3.00. The van der Waals surface area contributed by atoms with Crippen molar-refractivity contribution in [2.24, 2.45) is 0 Å². The third kappa shape index (κ3) is 2.59. The predicted molar refractivity (Wildman–Crippen MR) is 80.5 cm³/mol. The highest BCUT2D eigenvalue weighted by Crippen LogP contribution is 2.32. The van der Waals surface area contributed by atoms with E-state index >= 15 is 0 Å². The summed E-state index contributed by atoms with van der Waals surface area (Å²) < 4.78 is 0. The molecule has 1 fully saturated rings. The van der Waals surface area contributed by atoms with Crippen molar-refractivity contribution >= 4 is 11.8 Å². The number of imide groups is 1. The lowest BCUT2D eigenvalue weighted by Crippen LogP contribution is -2.29. The molecule has 3 heteroatoms. The number of aryl methyl sites for hydroxylation is 1. The molecule has 0 saturated carbocycles. The first-order chi connectivity index (χ1) is 10.2. The van der Waals surface area contributed by atoms with Crippen LogP contribution >= 0.6 is 0 Å². The van der Waals surface area contributed by atoms with Crippen LogP contribution in [-0.4, -0.2) is 16.7 Å². The van der Waals surface area contributed by atoms with Crippen molar-refractivity contribution < 1.29 is 9.59 Å². The molecule has 2 amide bonds. The molecule has 1 aliphatic heterocycles. The van der Waals surface area contributed by atoms with E-state index in [-0.39, 0.29) is 24.2 Å². The summed E-state index contributed by atoms with van der Waals surface area (Å²) >= 11 is 0. The lowest BCUT2D eigenvalue weighted by atomic mass is 9.93. The molecule has 0 aromatic heterocycles. The molecule has 1 atom stereocenters. The minimum absolute atomic E-state index is 0.0850. The predicted octanol–water partition coefficient (Wildman–Crippen LogP) is 3.04. The van der Waals surface area contributed by atoms with E-state index in [0.29, 0.717) is 6.54 Å². The van der Waals surface area contributed by atoms with E-state index in [9.17, 15) is 9.59 Å². The summed E-state index contributed by atoms with van der Waals surface area (Å²) in [5.74, 6) is -0.502. The molecular formula is C18H17NO2. The molecule has 1 heterocycles. The van der Waals surface area contributed by atoms with Gasteiger partial charge in [0.2, 0.25) is 11.8 Å². The Kier molecular flexibility index (Phi) is 3.57. The number of benzene rings is 2. The second-order valence-corrected chi connectivity index (χ2v) is 5.42. The van der Waals surface area contributed by atoms with Crippen LogP contribution in [0.4, 0.5) is 0 Å². The monoisotopic (exact) mass is 279 g/mol. The lowest BCUT2D eigenvalue weighted by molar-refractivity contribution is -0.139. The summed E-state index contributed by atoms with van der Waals surface area (Å²) in [5, 5.41) is 0. The summed E-state index contributed by atoms with van der Waals surface area (Å²) in [7, 11) is 0. The quantitative estimate of drug-likeness (QED) is 0.810. The van der Waals surface area contributed by atoms with Crippen LogP contribution < -0.4 is 0 Å². The third-order valence-electron chi connectivity index (χ3n) is 3.99. The van der Waals surface area contributed by atoms with Crippen molar-refractivity contribution in [2.75, 3.05) is 0 Å². The van der Waals surface area contributed by atoms with Gasteiger partial charge < -0.3 is 0 Å². The molecule has 106 valence electrons. The third-order valence-corrected chi connectivity index (χ3v) is 3.99. The van der Waals surface area contributed by atoms with Gasteiger partial charge in [-0.25, -0.2) is 0 Å². The van der Waals surface area contributed by atoms with Crippen LogP contribution in [0.1, 0.15) is 29.0 Å². The Morgan fingerprint density at radius 2 is 1.67 bits per heavy atom. The topological polar surface area (TPSA) is 37.4 Å². The average Bonchev–Trinajstić information content (AvgIpc) is 2.77. The molecule has 0 spiro atoms. The van der Waals surface area contributed by atoms with Gasteiger partial charge in [-0.1, -0.05) is 54.6 Å². The van der Waals surface area contributed by atoms with E-state index in [0.717, 1.165) is 16.7 Å². The average molecular weight is 279 g/mol. The Labute approximate surface area is 124 Å². The molecule has 1 saturated heterocycles. The SMILES string of the molecule is Cc1ccccc1[C@H]1CC(=O)N(Cc2ccccc2)C1=O. The van der Waals surface area contributed by atoms with Gasteiger partial charge in [-0.15, -0.1) is 0 Å². The molecule has 3 nitrogen and oxygen atoms in total. The molecule has 0 aliphatic carbocycles. The maximum absolute atomic E-state index is 12.6. The molecule has 0 unspecified atom stereocenters. The van der Waals surface area contributed by atoms with E-state index in [2.05, 4.69) is 0 Å². The van der Waals surface area contributed by atoms with Gasteiger partial charge in [0.05, 0.1) is 12.5 Å². The van der Waals surface area contributed by atoms with Crippen molar-refractivity contribution in [2.45, 2.75) is 25.8 Å². The first-order valence-corrected chi connectivity index (χ1v) is 7.10. The fraction of sp³-hybridized carbons (Fsp3) is 0.222. The van der Waals surface area contributed by atoms with Gasteiger partial charge in [0.1, 0.15) is 0 Å². The maximum atomic E-state index is 12.6. The van der Waals surface area contributed by atoms with Gasteiger partial charge in [-0.2, -0.15) is 0 Å². The van der Waals surface area contributed by atoms with Crippen LogP contribution in [-0.2, 0) is 16.1 Å². The fourth-order valence-electron chi connectivity index (χ4n) is 2.84. The minimum atomic E-state index is -0.331. The summed E-state index contributed by atoms with van der Waals surface area (Å²) in [6, 6.07) is 17.4. The number of hydrogen-bond donors (Lipinski definition) is 0. The Balaban J connectivity index is 1.84. The Morgan fingerprint density at radius 1 is 1.00 bits per heavy atom. The summed E-state index contributed by atoms with van der Waals surface area (Å²) in [4.78, 5) is 26.1. The molecule has 21 heavy (non-hydrogen) atoms. The maximum Gasteiger partial charge on any atom is 0.237 e. The largest absolute Gasteiger partial charge is 0.278 e. The van der Waals surface area contributed by atoms with Crippen molar-refractivity contribution in [1.82, 2.24) is 4.90 Å². The van der Waals surface area contributed by atoms with Crippen LogP contribution in [0.15, 0.2) is 54.6 Å². The van der Waals surface area contributed by atoms with Gasteiger partial charge in [-0.05, 0) is 23.6 Å². The zero-order chi connectivity index (χ0) is 14.8. The number of nitrogens with zero attached hydrogens (tertiary/aromatic N) is 1. The second-order valence-electron chi connectivity index (χ2n) is 5.42. The Bertz CT molecular complexity index is 679. The molecule has 0 radical (unpaired) electrons. The van der Waals surface area contributed by atoms with Crippen LogP contribution in [0.5, 0.6) is 0 Å². The molecule has 1 aliphatic rings. The van der Waals surface area contributed by atoms with E-state index in [1.807, 2.05) is 61.5 Å². The number of hydrogen-bond acceptors (Lipinski definition) is 2. The number of carbonyl (C=O) groups is 2. The highest BCUT2D eigenvalue weighted by Gasteiger charge is 2.39. The molecular weight excluding hydrogens is 262 g/mol. The number of likely N-dealkylation sites (tertiary alicyclic amines) is 1. The zero-order valence-corrected chi connectivity index (χ0v) is 12.0. The molecule has 2 aromatic rings. The van der Waals surface area contributed by atoms with E-state index in [4.69, 9.17) is 0 Å². The normalized spacial score (nSPS) is 18.3. The Morgan fingerprint density at radius 3 is 2.38 bits per heavy atom. The van der Waals surface area contributed by atoms with Crippen molar-refractivity contribution in [1.29, 1.82) is 0 Å². The minimum Gasteiger partial charge on any atom is -0.278 e. The van der Waals surface area contributed by atoms with Crippen LogP contribution in [0, 0.1) is 6.92 Å².